The van der Waals surface area contributed by atoms with Gasteiger partial charge in [0.25, 0.3) is 5.91 Å². The molecule has 0 bridgehead atoms. The van der Waals surface area contributed by atoms with Gasteiger partial charge in [-0.25, -0.2) is 4.98 Å². The molecule has 9 heteroatoms. The molecule has 7 nitrogen and oxygen atoms in total. The highest BCUT2D eigenvalue weighted by Crippen LogP contribution is 2.29. The van der Waals surface area contributed by atoms with Crippen molar-refractivity contribution >= 4 is 42.0 Å². The molecule has 1 aliphatic heterocycles. The van der Waals surface area contributed by atoms with Crippen LogP contribution in [-0.2, 0) is 0 Å². The minimum absolute atomic E-state index is 0.117. The summed E-state index contributed by atoms with van der Waals surface area (Å²) in [5, 5.41) is 22.2. The number of anilines is 1. The quantitative estimate of drug-likeness (QED) is 0.461. The molecule has 0 aliphatic carbocycles. The number of benzene rings is 1. The molecule has 4 heterocycles. The average molecular weight is 445 g/mol. The number of carbonyl (C=O) groups is 1. The first-order valence-electron chi connectivity index (χ1n) is 10.8. The first-order valence-corrected chi connectivity index (χ1v) is 11.7. The summed E-state index contributed by atoms with van der Waals surface area (Å²) < 4.78 is 1.80. The molecular weight excluding hydrogens is 421 g/mol. The lowest BCUT2D eigenvalue weighted by molar-refractivity contribution is 0.0680. The fourth-order valence-electron chi connectivity index (χ4n) is 4.26. The van der Waals surface area contributed by atoms with E-state index in [0.717, 1.165) is 55.0 Å². The van der Waals surface area contributed by atoms with Gasteiger partial charge in [0.15, 0.2) is 5.65 Å². The van der Waals surface area contributed by atoms with Gasteiger partial charge in [0, 0.05) is 42.8 Å². The van der Waals surface area contributed by atoms with Crippen LogP contribution in [0.25, 0.3) is 16.9 Å². The van der Waals surface area contributed by atoms with Gasteiger partial charge in [-0.15, -0.1) is 0 Å². The third kappa shape index (κ3) is 3.96. The normalized spacial score (nSPS) is 16.4. The number of hydrogen-bond acceptors (Lipinski definition) is 6. The Kier molecular flexibility index (Phi) is 5.57. The number of para-hydroxylation sites is 1. The number of aromatic hydroxyl groups is 1. The Bertz CT molecular complexity index is 1260. The topological polar surface area (TPSA) is 82.8 Å². The predicted octanol–water partition coefficient (Wildman–Crippen LogP) is 2.39. The molecule has 1 atom stereocenters. The number of piperidine rings is 1. The number of nitrogens with zero attached hydrogens (tertiary/aromatic N) is 4. The van der Waals surface area contributed by atoms with E-state index in [1.807, 2.05) is 47.8 Å². The van der Waals surface area contributed by atoms with Crippen molar-refractivity contribution < 1.29 is 9.90 Å². The van der Waals surface area contributed by atoms with Crippen LogP contribution >= 0.6 is 11.3 Å². The van der Waals surface area contributed by atoms with E-state index in [9.17, 15) is 9.90 Å². The number of amides is 1. The van der Waals surface area contributed by atoms with Crippen LogP contribution in [0.5, 0.6) is 5.75 Å². The number of aromatic nitrogens is 3. The molecule has 1 amide bonds. The van der Waals surface area contributed by atoms with Gasteiger partial charge >= 0.3 is 0 Å². The molecule has 0 saturated carbocycles. The standard InChI is InChI=1S/C23H24BN5O2S/c24-18-12-26-29-21(10-19(27-22(18)29)17-5-1-2-6-20(17)30)25-11-15-4-3-8-28(13-15)23(31)16-7-9-32-14-16/h1-2,5-7,9-10,12,14-15,25,30H,3-4,8,11,13,24H2. The maximum atomic E-state index is 12.8. The molecule has 1 unspecified atom stereocenters. The number of hydrogen-bond donors (Lipinski definition) is 2. The highest BCUT2D eigenvalue weighted by atomic mass is 32.1. The largest absolute Gasteiger partial charge is 0.507 e. The molecule has 162 valence electrons. The molecular formula is C23H24BN5O2S. The summed E-state index contributed by atoms with van der Waals surface area (Å²) in [7, 11) is 1.98. The molecule has 1 aromatic carbocycles. The maximum absolute atomic E-state index is 12.8. The van der Waals surface area contributed by atoms with Gasteiger partial charge in [-0.1, -0.05) is 12.1 Å². The van der Waals surface area contributed by atoms with Crippen molar-refractivity contribution in [1.29, 1.82) is 0 Å². The van der Waals surface area contributed by atoms with Crippen molar-refractivity contribution in [2.45, 2.75) is 12.8 Å². The fourth-order valence-corrected chi connectivity index (χ4v) is 4.89. The molecule has 1 fully saturated rings. The minimum Gasteiger partial charge on any atom is -0.507 e. The van der Waals surface area contributed by atoms with E-state index < -0.39 is 0 Å². The first-order chi connectivity index (χ1) is 15.6. The van der Waals surface area contributed by atoms with Crippen molar-refractivity contribution in [3.05, 3.63) is 58.9 Å². The van der Waals surface area contributed by atoms with Crippen molar-refractivity contribution in [3.63, 3.8) is 0 Å². The third-order valence-corrected chi connectivity index (χ3v) is 6.66. The number of rotatable bonds is 5. The monoisotopic (exact) mass is 445 g/mol. The second-order valence-electron chi connectivity index (χ2n) is 8.26. The minimum atomic E-state index is 0.117. The van der Waals surface area contributed by atoms with Crippen molar-refractivity contribution in [2.24, 2.45) is 5.92 Å². The second-order valence-corrected chi connectivity index (χ2v) is 9.04. The van der Waals surface area contributed by atoms with Crippen molar-refractivity contribution in [1.82, 2.24) is 19.5 Å². The SMILES string of the molecule is Bc1cnn2c(NCC3CCCN(C(=O)c4ccsc4)C3)cc(-c3ccccc3O)nc12. The summed E-state index contributed by atoms with van der Waals surface area (Å²) in [4.78, 5) is 19.5. The lowest BCUT2D eigenvalue weighted by atomic mass is 9.97. The highest BCUT2D eigenvalue weighted by molar-refractivity contribution is 7.08. The van der Waals surface area contributed by atoms with Crippen LogP contribution in [0.15, 0.2) is 53.4 Å². The summed E-state index contributed by atoms with van der Waals surface area (Å²) in [5.74, 6) is 1.48. The van der Waals surface area contributed by atoms with Gasteiger partial charge in [0.05, 0.1) is 11.3 Å². The van der Waals surface area contributed by atoms with Crippen LogP contribution in [0, 0.1) is 5.92 Å². The molecule has 3 aromatic heterocycles. The van der Waals surface area contributed by atoms with E-state index in [4.69, 9.17) is 4.98 Å². The van der Waals surface area contributed by atoms with Crippen molar-refractivity contribution in [3.8, 4) is 17.0 Å². The Morgan fingerprint density at radius 2 is 2.19 bits per heavy atom. The van der Waals surface area contributed by atoms with Gasteiger partial charge in [-0.05, 0) is 47.8 Å². The van der Waals surface area contributed by atoms with Crippen LogP contribution in [0.4, 0.5) is 5.82 Å². The summed E-state index contributed by atoms with van der Waals surface area (Å²) in [6, 6.07) is 11.0. The van der Waals surface area contributed by atoms with Crippen LogP contribution < -0.4 is 10.8 Å². The molecule has 0 spiro atoms. The van der Waals surface area contributed by atoms with E-state index in [1.165, 1.54) is 0 Å². The Balaban J connectivity index is 1.37. The summed E-state index contributed by atoms with van der Waals surface area (Å²) in [5.41, 5.74) is 3.88. The van der Waals surface area contributed by atoms with E-state index in [-0.39, 0.29) is 11.7 Å². The lowest BCUT2D eigenvalue weighted by Crippen LogP contribution is -2.41. The zero-order valence-electron chi connectivity index (χ0n) is 17.9. The number of carbonyl (C=O) groups excluding carboxylic acids is 1. The van der Waals surface area contributed by atoms with Gasteiger partial charge in [-0.3, -0.25) is 4.79 Å². The number of nitrogens with one attached hydrogen (secondary N) is 1. The van der Waals surface area contributed by atoms with Gasteiger partial charge < -0.3 is 15.3 Å². The molecule has 2 N–H and O–H groups in total. The number of thiophene rings is 1. The molecule has 1 saturated heterocycles. The van der Waals surface area contributed by atoms with E-state index in [1.54, 1.807) is 34.2 Å². The van der Waals surface area contributed by atoms with E-state index in [2.05, 4.69) is 10.4 Å². The van der Waals surface area contributed by atoms with Gasteiger partial charge in [-0.2, -0.15) is 21.0 Å². The summed E-state index contributed by atoms with van der Waals surface area (Å²) in [6.45, 7) is 2.27. The summed E-state index contributed by atoms with van der Waals surface area (Å²) >= 11 is 1.55. The molecule has 5 rings (SSSR count). The number of phenolic OH excluding ortho intramolecular Hbond substituents is 1. The number of likely N-dealkylation sites (tertiary alicyclic amines) is 1. The molecule has 1 aliphatic rings. The number of phenols is 1. The van der Waals surface area contributed by atoms with Crippen LogP contribution in [0.2, 0.25) is 0 Å². The molecule has 4 aromatic rings. The molecule has 0 radical (unpaired) electrons. The summed E-state index contributed by atoms with van der Waals surface area (Å²) in [6.07, 6.45) is 3.86. The average Bonchev–Trinajstić information content (AvgIpc) is 3.48. The smallest absolute Gasteiger partial charge is 0.254 e. The zero-order chi connectivity index (χ0) is 22.1. The third-order valence-electron chi connectivity index (χ3n) is 5.97. The number of fused-ring (bicyclic) bond motifs is 1. The van der Waals surface area contributed by atoms with E-state index in [0.29, 0.717) is 17.2 Å². The lowest BCUT2D eigenvalue weighted by Gasteiger charge is -2.33. The van der Waals surface area contributed by atoms with Gasteiger partial charge in [0.1, 0.15) is 19.4 Å². The van der Waals surface area contributed by atoms with Gasteiger partial charge in [0.2, 0.25) is 0 Å². The second kappa shape index (κ2) is 8.66. The Hall–Kier alpha value is -3.33. The van der Waals surface area contributed by atoms with Crippen LogP contribution in [0.3, 0.4) is 0 Å². The van der Waals surface area contributed by atoms with Crippen LogP contribution in [0.1, 0.15) is 23.2 Å². The Labute approximate surface area is 191 Å². The van der Waals surface area contributed by atoms with E-state index >= 15 is 0 Å². The zero-order valence-corrected chi connectivity index (χ0v) is 18.7. The fraction of sp³-hybridized carbons (Fsp3) is 0.261. The highest BCUT2D eigenvalue weighted by Gasteiger charge is 2.25. The Morgan fingerprint density at radius 1 is 1.31 bits per heavy atom. The van der Waals surface area contributed by atoms with Crippen LogP contribution in [-0.4, -0.2) is 58.0 Å². The molecule has 32 heavy (non-hydrogen) atoms. The maximum Gasteiger partial charge on any atom is 0.254 e. The van der Waals surface area contributed by atoms with Crippen molar-refractivity contribution in [2.75, 3.05) is 25.0 Å². The predicted molar refractivity (Wildman–Crippen MR) is 130 cm³/mol. The first kappa shape index (κ1) is 20.6. The Morgan fingerprint density at radius 3 is 3.00 bits per heavy atom.